The SMILES string of the molecule is CCCCOC(=O)Cn1ccc(CNC)c1. The lowest BCUT2D eigenvalue weighted by Gasteiger charge is -2.04. The third-order valence-electron chi connectivity index (χ3n) is 2.27. The minimum atomic E-state index is -0.167. The molecular formula is C12H20N2O2. The molecule has 4 heteroatoms. The van der Waals surface area contributed by atoms with Gasteiger partial charge in [0.1, 0.15) is 6.54 Å². The Morgan fingerprint density at radius 1 is 1.56 bits per heavy atom. The average Bonchev–Trinajstić information content (AvgIpc) is 2.66. The van der Waals surface area contributed by atoms with Crippen molar-refractivity contribution in [1.29, 1.82) is 0 Å². The molecule has 4 nitrogen and oxygen atoms in total. The third-order valence-corrected chi connectivity index (χ3v) is 2.27. The Hall–Kier alpha value is -1.29. The Morgan fingerprint density at radius 2 is 2.38 bits per heavy atom. The quantitative estimate of drug-likeness (QED) is 0.564. The second-order valence-electron chi connectivity index (χ2n) is 3.80. The molecule has 0 bridgehead atoms. The standard InChI is InChI=1S/C12H20N2O2/c1-3-4-7-16-12(15)10-14-6-5-11(9-14)8-13-2/h5-6,9,13H,3-4,7-8,10H2,1-2H3. The maximum Gasteiger partial charge on any atom is 0.325 e. The molecule has 0 saturated heterocycles. The van der Waals surface area contributed by atoms with Crippen LogP contribution in [-0.4, -0.2) is 24.2 Å². The van der Waals surface area contributed by atoms with Crippen LogP contribution in [0.5, 0.6) is 0 Å². The zero-order chi connectivity index (χ0) is 11.8. The summed E-state index contributed by atoms with van der Waals surface area (Å²) in [5.41, 5.74) is 1.17. The molecule has 0 spiro atoms. The molecule has 1 aromatic rings. The minimum absolute atomic E-state index is 0.167. The van der Waals surface area contributed by atoms with Crippen LogP contribution in [0.2, 0.25) is 0 Å². The van der Waals surface area contributed by atoms with Gasteiger partial charge in [0.05, 0.1) is 6.61 Å². The maximum absolute atomic E-state index is 11.4. The first-order valence-corrected chi connectivity index (χ1v) is 5.71. The van der Waals surface area contributed by atoms with Gasteiger partial charge in [0.15, 0.2) is 0 Å². The second-order valence-corrected chi connectivity index (χ2v) is 3.80. The van der Waals surface area contributed by atoms with Gasteiger partial charge < -0.3 is 14.6 Å². The van der Waals surface area contributed by atoms with Crippen LogP contribution in [0.1, 0.15) is 25.3 Å². The van der Waals surface area contributed by atoms with Gasteiger partial charge in [-0.15, -0.1) is 0 Å². The largest absolute Gasteiger partial charge is 0.464 e. The zero-order valence-corrected chi connectivity index (χ0v) is 10.0. The van der Waals surface area contributed by atoms with Gasteiger partial charge in [0, 0.05) is 18.9 Å². The van der Waals surface area contributed by atoms with Gasteiger partial charge in [-0.1, -0.05) is 13.3 Å². The first-order valence-electron chi connectivity index (χ1n) is 5.71. The molecule has 1 aromatic heterocycles. The van der Waals surface area contributed by atoms with E-state index in [4.69, 9.17) is 4.74 Å². The molecular weight excluding hydrogens is 204 g/mol. The van der Waals surface area contributed by atoms with Gasteiger partial charge in [-0.3, -0.25) is 4.79 Å². The van der Waals surface area contributed by atoms with Crippen LogP contribution in [0.25, 0.3) is 0 Å². The molecule has 0 fully saturated rings. The van der Waals surface area contributed by atoms with E-state index in [2.05, 4.69) is 12.2 Å². The van der Waals surface area contributed by atoms with Crippen LogP contribution in [-0.2, 0) is 22.6 Å². The second kappa shape index (κ2) is 7.06. The van der Waals surface area contributed by atoms with E-state index < -0.39 is 0 Å². The number of rotatable bonds is 7. The molecule has 0 aliphatic heterocycles. The van der Waals surface area contributed by atoms with Crippen molar-refractivity contribution < 1.29 is 9.53 Å². The Labute approximate surface area is 96.6 Å². The van der Waals surface area contributed by atoms with E-state index in [1.165, 1.54) is 5.56 Å². The summed E-state index contributed by atoms with van der Waals surface area (Å²) in [6, 6.07) is 2.00. The fourth-order valence-electron chi connectivity index (χ4n) is 1.42. The topological polar surface area (TPSA) is 43.3 Å². The number of hydrogen-bond donors (Lipinski definition) is 1. The average molecular weight is 224 g/mol. The van der Waals surface area contributed by atoms with Crippen LogP contribution in [0, 0.1) is 0 Å². The van der Waals surface area contributed by atoms with Crippen molar-refractivity contribution in [1.82, 2.24) is 9.88 Å². The number of nitrogens with one attached hydrogen (secondary N) is 1. The number of unbranched alkanes of at least 4 members (excludes halogenated alkanes) is 1. The van der Waals surface area contributed by atoms with Crippen LogP contribution in [0.3, 0.4) is 0 Å². The summed E-state index contributed by atoms with van der Waals surface area (Å²) >= 11 is 0. The lowest BCUT2D eigenvalue weighted by Crippen LogP contribution is -2.13. The number of hydrogen-bond acceptors (Lipinski definition) is 3. The van der Waals surface area contributed by atoms with Crippen molar-refractivity contribution in [2.24, 2.45) is 0 Å². The van der Waals surface area contributed by atoms with Crippen molar-refractivity contribution in [3.8, 4) is 0 Å². The molecule has 0 aliphatic carbocycles. The highest BCUT2D eigenvalue weighted by Gasteiger charge is 2.04. The maximum atomic E-state index is 11.4. The summed E-state index contributed by atoms with van der Waals surface area (Å²) in [6.45, 7) is 3.72. The Kier molecular flexibility index (Phi) is 5.64. The normalized spacial score (nSPS) is 10.4. The van der Waals surface area contributed by atoms with E-state index in [9.17, 15) is 4.79 Å². The predicted octanol–water partition coefficient (Wildman–Crippen LogP) is 1.55. The summed E-state index contributed by atoms with van der Waals surface area (Å²) in [6.07, 6.45) is 5.83. The summed E-state index contributed by atoms with van der Waals surface area (Å²) in [5, 5.41) is 3.06. The molecule has 0 saturated carbocycles. The Bertz CT molecular complexity index is 321. The van der Waals surface area contributed by atoms with Gasteiger partial charge in [-0.05, 0) is 25.1 Å². The van der Waals surface area contributed by atoms with Gasteiger partial charge in [-0.2, -0.15) is 0 Å². The van der Waals surface area contributed by atoms with Crippen LogP contribution in [0.4, 0.5) is 0 Å². The first kappa shape index (κ1) is 12.8. The van der Waals surface area contributed by atoms with Crippen molar-refractivity contribution in [2.45, 2.75) is 32.9 Å². The molecule has 0 unspecified atom stereocenters. The molecule has 1 heterocycles. The van der Waals surface area contributed by atoms with Crippen molar-refractivity contribution in [2.75, 3.05) is 13.7 Å². The minimum Gasteiger partial charge on any atom is -0.464 e. The van der Waals surface area contributed by atoms with Crippen LogP contribution in [0.15, 0.2) is 18.5 Å². The van der Waals surface area contributed by atoms with Crippen LogP contribution >= 0.6 is 0 Å². The molecule has 0 aliphatic rings. The van der Waals surface area contributed by atoms with E-state index in [0.29, 0.717) is 13.2 Å². The number of carbonyl (C=O) groups is 1. The highest BCUT2D eigenvalue weighted by Crippen LogP contribution is 2.01. The summed E-state index contributed by atoms with van der Waals surface area (Å²) in [7, 11) is 1.90. The van der Waals surface area contributed by atoms with Gasteiger partial charge in [0.25, 0.3) is 0 Å². The summed E-state index contributed by atoms with van der Waals surface area (Å²) in [4.78, 5) is 11.4. The number of nitrogens with zero attached hydrogens (tertiary/aromatic N) is 1. The summed E-state index contributed by atoms with van der Waals surface area (Å²) < 4.78 is 6.93. The zero-order valence-electron chi connectivity index (χ0n) is 10.0. The van der Waals surface area contributed by atoms with E-state index in [0.717, 1.165) is 19.4 Å². The Morgan fingerprint density at radius 3 is 3.06 bits per heavy atom. The molecule has 0 amide bonds. The van der Waals surface area contributed by atoms with Crippen molar-refractivity contribution in [3.05, 3.63) is 24.0 Å². The molecule has 90 valence electrons. The third kappa shape index (κ3) is 4.49. The lowest BCUT2D eigenvalue weighted by molar-refractivity contribution is -0.144. The smallest absolute Gasteiger partial charge is 0.325 e. The number of ether oxygens (including phenoxy) is 1. The van der Waals surface area contributed by atoms with Gasteiger partial charge in [-0.25, -0.2) is 0 Å². The molecule has 1 rings (SSSR count). The highest BCUT2D eigenvalue weighted by molar-refractivity contribution is 5.69. The molecule has 16 heavy (non-hydrogen) atoms. The summed E-state index contributed by atoms with van der Waals surface area (Å²) in [5.74, 6) is -0.167. The fourth-order valence-corrected chi connectivity index (χ4v) is 1.42. The van der Waals surface area contributed by atoms with Crippen molar-refractivity contribution >= 4 is 5.97 Å². The monoisotopic (exact) mass is 224 g/mol. The van der Waals surface area contributed by atoms with Crippen LogP contribution < -0.4 is 5.32 Å². The fraction of sp³-hybridized carbons (Fsp3) is 0.583. The van der Waals surface area contributed by atoms with E-state index in [1.807, 2.05) is 30.1 Å². The van der Waals surface area contributed by atoms with Gasteiger partial charge in [0.2, 0.25) is 0 Å². The first-order chi connectivity index (χ1) is 7.76. The molecule has 1 N–H and O–H groups in total. The van der Waals surface area contributed by atoms with E-state index >= 15 is 0 Å². The molecule has 0 atom stereocenters. The van der Waals surface area contributed by atoms with E-state index in [-0.39, 0.29) is 5.97 Å². The lowest BCUT2D eigenvalue weighted by atomic mass is 10.3. The van der Waals surface area contributed by atoms with Crippen molar-refractivity contribution in [3.63, 3.8) is 0 Å². The molecule has 0 aromatic carbocycles. The predicted molar refractivity (Wildman–Crippen MR) is 63.1 cm³/mol. The molecule has 0 radical (unpaired) electrons. The van der Waals surface area contributed by atoms with Gasteiger partial charge >= 0.3 is 5.97 Å². The highest BCUT2D eigenvalue weighted by atomic mass is 16.5. The number of carbonyl (C=O) groups excluding carboxylic acids is 1. The number of esters is 1. The number of aromatic nitrogens is 1. The van der Waals surface area contributed by atoms with E-state index in [1.54, 1.807) is 0 Å². The Balaban J connectivity index is 2.31.